The maximum Gasteiger partial charge on any atom is 0.218 e. The Kier molecular flexibility index (Phi) is 6.12. The Morgan fingerprint density at radius 1 is 1.39 bits per heavy atom. The van der Waals surface area contributed by atoms with E-state index in [2.05, 4.69) is 5.32 Å². The zero-order chi connectivity index (χ0) is 12.1. The number of primary amides is 1. The van der Waals surface area contributed by atoms with E-state index in [1.165, 1.54) is 5.56 Å². The van der Waals surface area contributed by atoms with Crippen molar-refractivity contribution in [3.8, 4) is 0 Å². The zero-order valence-electron chi connectivity index (χ0n) is 10.2. The molecule has 1 aliphatic rings. The Bertz CT molecular complexity index is 373. The van der Waals surface area contributed by atoms with Crippen molar-refractivity contribution in [1.82, 2.24) is 5.32 Å². The van der Waals surface area contributed by atoms with E-state index in [1.807, 2.05) is 30.3 Å². The van der Waals surface area contributed by atoms with Crippen LogP contribution in [0.15, 0.2) is 30.3 Å². The van der Waals surface area contributed by atoms with Crippen LogP contribution >= 0.6 is 12.4 Å². The fourth-order valence-corrected chi connectivity index (χ4v) is 2.10. The minimum Gasteiger partial charge on any atom is -0.372 e. The van der Waals surface area contributed by atoms with Gasteiger partial charge in [-0.3, -0.25) is 4.79 Å². The van der Waals surface area contributed by atoms with Crippen molar-refractivity contribution in [3.05, 3.63) is 35.9 Å². The Hall–Kier alpha value is -1.10. The average molecular weight is 271 g/mol. The van der Waals surface area contributed by atoms with Crippen molar-refractivity contribution in [1.29, 1.82) is 0 Å². The number of nitrogens with two attached hydrogens (primary N) is 1. The summed E-state index contributed by atoms with van der Waals surface area (Å²) < 4.78 is 5.79. The maximum absolute atomic E-state index is 10.8. The molecule has 1 aliphatic heterocycles. The molecular weight excluding hydrogens is 252 g/mol. The highest BCUT2D eigenvalue weighted by Crippen LogP contribution is 2.14. The van der Waals surface area contributed by atoms with Crippen LogP contribution in [0.4, 0.5) is 0 Å². The molecule has 1 fully saturated rings. The van der Waals surface area contributed by atoms with Crippen LogP contribution in [0.5, 0.6) is 0 Å². The largest absolute Gasteiger partial charge is 0.372 e. The summed E-state index contributed by atoms with van der Waals surface area (Å²) in [6, 6.07) is 10.3. The van der Waals surface area contributed by atoms with Crippen LogP contribution < -0.4 is 11.1 Å². The second-order valence-electron chi connectivity index (χ2n) is 4.43. The summed E-state index contributed by atoms with van der Waals surface area (Å²) in [4.78, 5) is 10.8. The second kappa shape index (κ2) is 7.36. The summed E-state index contributed by atoms with van der Waals surface area (Å²) in [5.41, 5.74) is 6.34. The third-order valence-corrected chi connectivity index (χ3v) is 2.96. The van der Waals surface area contributed by atoms with Crippen molar-refractivity contribution in [2.45, 2.75) is 31.6 Å². The first-order valence-corrected chi connectivity index (χ1v) is 5.91. The number of amides is 1. The minimum absolute atomic E-state index is 0. The van der Waals surface area contributed by atoms with Crippen molar-refractivity contribution in [3.63, 3.8) is 0 Å². The average Bonchev–Trinajstić information content (AvgIpc) is 2.75. The highest BCUT2D eigenvalue weighted by molar-refractivity contribution is 5.85. The number of rotatable bonds is 5. The summed E-state index contributed by atoms with van der Waals surface area (Å²) in [5.74, 6) is -0.258. The fraction of sp³-hybridized carbons (Fsp3) is 0.462. The maximum atomic E-state index is 10.8. The van der Waals surface area contributed by atoms with Gasteiger partial charge in [0.1, 0.15) is 0 Å². The molecule has 2 atom stereocenters. The number of hydrogen-bond donors (Lipinski definition) is 2. The monoisotopic (exact) mass is 270 g/mol. The van der Waals surface area contributed by atoms with Gasteiger partial charge in [-0.1, -0.05) is 30.3 Å². The van der Waals surface area contributed by atoms with E-state index in [0.29, 0.717) is 13.0 Å². The first-order chi connectivity index (χ1) is 8.24. The van der Waals surface area contributed by atoms with E-state index in [-0.39, 0.29) is 30.5 Å². The molecule has 1 aromatic carbocycles. The lowest BCUT2D eigenvalue weighted by molar-refractivity contribution is -0.118. The van der Waals surface area contributed by atoms with Gasteiger partial charge in [0.05, 0.1) is 12.7 Å². The molecule has 1 amide bonds. The molecule has 2 rings (SSSR count). The number of carbonyl (C=O) groups is 1. The van der Waals surface area contributed by atoms with Gasteiger partial charge in [0.25, 0.3) is 0 Å². The van der Waals surface area contributed by atoms with Crippen molar-refractivity contribution in [2.75, 3.05) is 6.54 Å². The molecule has 0 bridgehead atoms. The van der Waals surface area contributed by atoms with Gasteiger partial charge >= 0.3 is 0 Å². The summed E-state index contributed by atoms with van der Waals surface area (Å²) in [7, 11) is 0. The molecule has 3 N–H and O–H groups in total. The van der Waals surface area contributed by atoms with Crippen LogP contribution in [0.3, 0.4) is 0 Å². The van der Waals surface area contributed by atoms with E-state index < -0.39 is 0 Å². The second-order valence-corrected chi connectivity index (χ2v) is 4.43. The fourth-order valence-electron chi connectivity index (χ4n) is 2.10. The van der Waals surface area contributed by atoms with Gasteiger partial charge in [0, 0.05) is 19.0 Å². The lowest BCUT2D eigenvalue weighted by Crippen LogP contribution is -2.27. The minimum atomic E-state index is -0.258. The van der Waals surface area contributed by atoms with Gasteiger partial charge in [-0.25, -0.2) is 0 Å². The third-order valence-electron chi connectivity index (χ3n) is 2.96. The van der Waals surface area contributed by atoms with E-state index in [0.717, 1.165) is 13.0 Å². The van der Waals surface area contributed by atoms with Gasteiger partial charge in [-0.2, -0.15) is 0 Å². The van der Waals surface area contributed by atoms with Crippen LogP contribution in [0.1, 0.15) is 18.4 Å². The Morgan fingerprint density at radius 2 is 2.11 bits per heavy atom. The predicted octanol–water partition coefficient (Wildman–Crippen LogP) is 1.23. The first kappa shape index (κ1) is 15.0. The van der Waals surface area contributed by atoms with Gasteiger partial charge in [-0.15, -0.1) is 12.4 Å². The quantitative estimate of drug-likeness (QED) is 0.846. The highest BCUT2D eigenvalue weighted by Gasteiger charge is 2.25. The molecule has 1 aromatic rings. The summed E-state index contributed by atoms with van der Waals surface area (Å²) in [5, 5.41) is 3.25. The highest BCUT2D eigenvalue weighted by atomic mass is 35.5. The molecule has 0 aromatic heterocycles. The molecule has 0 saturated carbocycles. The van der Waals surface area contributed by atoms with Gasteiger partial charge < -0.3 is 15.8 Å². The topological polar surface area (TPSA) is 64.4 Å². The van der Waals surface area contributed by atoms with E-state index in [9.17, 15) is 4.79 Å². The number of nitrogens with one attached hydrogen (secondary N) is 1. The van der Waals surface area contributed by atoms with Gasteiger partial charge in [0.2, 0.25) is 5.91 Å². The zero-order valence-corrected chi connectivity index (χ0v) is 11.0. The molecule has 1 saturated heterocycles. The molecule has 1 heterocycles. The third kappa shape index (κ3) is 4.64. The van der Waals surface area contributed by atoms with Crippen molar-refractivity contribution in [2.24, 2.45) is 5.73 Å². The van der Waals surface area contributed by atoms with Gasteiger partial charge in [0.15, 0.2) is 0 Å². The lowest BCUT2D eigenvalue weighted by Gasteiger charge is -2.11. The van der Waals surface area contributed by atoms with Crippen LogP contribution in [-0.4, -0.2) is 24.6 Å². The number of carbonyl (C=O) groups excluding carboxylic acids is 1. The summed E-state index contributed by atoms with van der Waals surface area (Å²) >= 11 is 0. The van der Waals surface area contributed by atoms with Crippen LogP contribution in [0.2, 0.25) is 0 Å². The standard InChI is InChI=1S/C13H18N2O2.ClH/c14-13(16)7-11-6-12(8-15-11)17-9-10-4-2-1-3-5-10;/h1-5,11-12,15H,6-9H2,(H2,14,16);1H/t11-,12+;/m0./s1. The Balaban J connectivity index is 0.00000162. The van der Waals surface area contributed by atoms with E-state index in [4.69, 9.17) is 10.5 Å². The van der Waals surface area contributed by atoms with Gasteiger partial charge in [-0.05, 0) is 12.0 Å². The molecule has 5 heteroatoms. The number of benzene rings is 1. The summed E-state index contributed by atoms with van der Waals surface area (Å²) in [6.45, 7) is 1.42. The Labute approximate surface area is 113 Å². The SMILES string of the molecule is Cl.NC(=O)C[C@@H]1C[C@@H](OCc2ccccc2)CN1. The predicted molar refractivity (Wildman–Crippen MR) is 72.5 cm³/mol. The molecule has 100 valence electrons. The molecule has 0 radical (unpaired) electrons. The molecule has 0 aliphatic carbocycles. The van der Waals surface area contributed by atoms with Crippen LogP contribution in [0, 0.1) is 0 Å². The normalized spacial score (nSPS) is 22.4. The smallest absolute Gasteiger partial charge is 0.218 e. The van der Waals surface area contributed by atoms with E-state index >= 15 is 0 Å². The number of hydrogen-bond acceptors (Lipinski definition) is 3. The first-order valence-electron chi connectivity index (χ1n) is 5.91. The molecular formula is C13H19ClN2O2. The molecule has 4 nitrogen and oxygen atoms in total. The summed E-state index contributed by atoms with van der Waals surface area (Å²) in [6.07, 6.45) is 1.43. The molecule has 0 spiro atoms. The van der Waals surface area contributed by atoms with Crippen molar-refractivity contribution < 1.29 is 9.53 Å². The van der Waals surface area contributed by atoms with E-state index in [1.54, 1.807) is 0 Å². The lowest BCUT2D eigenvalue weighted by atomic mass is 10.1. The van der Waals surface area contributed by atoms with Crippen molar-refractivity contribution >= 4 is 18.3 Å². The number of halogens is 1. The van der Waals surface area contributed by atoms with Crippen LogP contribution in [0.25, 0.3) is 0 Å². The molecule has 18 heavy (non-hydrogen) atoms. The Morgan fingerprint density at radius 3 is 2.78 bits per heavy atom. The van der Waals surface area contributed by atoms with Crippen LogP contribution in [-0.2, 0) is 16.1 Å². The number of ether oxygens (including phenoxy) is 1. The molecule has 0 unspecified atom stereocenters.